The lowest BCUT2D eigenvalue weighted by atomic mass is 10.2. The number of nitrogens with two attached hydrogens (primary N) is 2. The highest BCUT2D eigenvalue weighted by Crippen LogP contribution is 2.20. The van der Waals surface area contributed by atoms with Gasteiger partial charge >= 0.3 is 0 Å². The Kier molecular flexibility index (Phi) is 4.01. The lowest BCUT2D eigenvalue weighted by molar-refractivity contribution is 0.223. The number of aliphatic imine (C=N–C) groups is 1. The summed E-state index contributed by atoms with van der Waals surface area (Å²) in [6.07, 6.45) is 4.00. The molecule has 2 heterocycles. The van der Waals surface area contributed by atoms with Crippen LogP contribution in [0.3, 0.4) is 0 Å². The molecule has 0 aromatic rings. The summed E-state index contributed by atoms with van der Waals surface area (Å²) in [5.41, 5.74) is 10.7. The largest absolute Gasteiger partial charge is 0.370 e. The van der Waals surface area contributed by atoms with Crippen LogP contribution in [-0.4, -0.2) is 61.1 Å². The highest BCUT2D eigenvalue weighted by atomic mass is 15.3. The van der Waals surface area contributed by atoms with Crippen LogP contribution in [0.15, 0.2) is 4.99 Å². The molecule has 2 aliphatic heterocycles. The fraction of sp³-hybridized carbons (Fsp3) is 0.909. The summed E-state index contributed by atoms with van der Waals surface area (Å²) in [5.74, 6) is 0.206. The minimum Gasteiger partial charge on any atom is -0.370 e. The molecule has 0 spiro atoms. The molecule has 0 aromatic heterocycles. The average Bonchev–Trinajstić information content (AvgIpc) is 2.57. The van der Waals surface area contributed by atoms with Gasteiger partial charge in [0.25, 0.3) is 0 Å². The molecule has 1 unspecified atom stereocenters. The van der Waals surface area contributed by atoms with E-state index in [1.54, 1.807) is 0 Å². The van der Waals surface area contributed by atoms with Gasteiger partial charge in [-0.2, -0.15) is 0 Å². The van der Waals surface area contributed by atoms with E-state index in [4.69, 9.17) is 11.5 Å². The molecule has 0 saturated carbocycles. The van der Waals surface area contributed by atoms with Crippen molar-refractivity contribution >= 4 is 5.96 Å². The van der Waals surface area contributed by atoms with Crippen molar-refractivity contribution in [1.29, 1.82) is 0 Å². The predicted octanol–water partition coefficient (Wildman–Crippen LogP) is -0.570. The van der Waals surface area contributed by atoms with E-state index in [0.29, 0.717) is 0 Å². The van der Waals surface area contributed by atoms with Crippen LogP contribution in [0.5, 0.6) is 0 Å². The molecule has 0 aliphatic carbocycles. The Hall–Kier alpha value is -0.810. The van der Waals surface area contributed by atoms with Crippen LogP contribution < -0.4 is 11.5 Å². The van der Waals surface area contributed by atoms with Gasteiger partial charge < -0.3 is 11.5 Å². The zero-order valence-electron chi connectivity index (χ0n) is 9.94. The van der Waals surface area contributed by atoms with Gasteiger partial charge in [-0.3, -0.25) is 14.8 Å². The Balaban J connectivity index is 1.79. The van der Waals surface area contributed by atoms with Crippen molar-refractivity contribution in [1.82, 2.24) is 9.80 Å². The molecule has 0 bridgehead atoms. The molecule has 4 N–H and O–H groups in total. The van der Waals surface area contributed by atoms with Crippen molar-refractivity contribution in [2.75, 3.05) is 39.3 Å². The zero-order chi connectivity index (χ0) is 11.4. The molecular formula is C11H23N5. The molecule has 0 aromatic carbocycles. The number of hydrogen-bond acceptors (Lipinski definition) is 3. The molecule has 2 aliphatic rings. The summed E-state index contributed by atoms with van der Waals surface area (Å²) in [4.78, 5) is 9.19. The molecule has 0 amide bonds. The number of guanidine groups is 1. The van der Waals surface area contributed by atoms with Gasteiger partial charge in [0.1, 0.15) is 0 Å². The van der Waals surface area contributed by atoms with E-state index >= 15 is 0 Å². The second kappa shape index (κ2) is 5.50. The first-order chi connectivity index (χ1) is 7.75. The van der Waals surface area contributed by atoms with Gasteiger partial charge in [0, 0.05) is 19.1 Å². The van der Waals surface area contributed by atoms with Gasteiger partial charge in [0.2, 0.25) is 0 Å². The topological polar surface area (TPSA) is 70.9 Å². The van der Waals surface area contributed by atoms with Crippen molar-refractivity contribution in [2.24, 2.45) is 16.5 Å². The monoisotopic (exact) mass is 225 g/mol. The Morgan fingerprint density at radius 2 is 2.00 bits per heavy atom. The van der Waals surface area contributed by atoms with E-state index in [1.165, 1.54) is 45.4 Å². The third-order valence-electron chi connectivity index (χ3n) is 3.60. The van der Waals surface area contributed by atoms with Crippen LogP contribution in [0.4, 0.5) is 0 Å². The fourth-order valence-electron chi connectivity index (χ4n) is 2.81. The Labute approximate surface area is 97.5 Å². The van der Waals surface area contributed by atoms with Gasteiger partial charge in [-0.05, 0) is 38.9 Å². The van der Waals surface area contributed by atoms with Gasteiger partial charge in [-0.1, -0.05) is 0 Å². The van der Waals surface area contributed by atoms with Crippen LogP contribution >= 0.6 is 0 Å². The number of fused-ring (bicyclic) bond motifs is 1. The average molecular weight is 225 g/mol. The van der Waals surface area contributed by atoms with Crippen molar-refractivity contribution in [3.8, 4) is 0 Å². The summed E-state index contributed by atoms with van der Waals surface area (Å²) in [6, 6.07) is 0.779. The Morgan fingerprint density at radius 3 is 2.81 bits per heavy atom. The van der Waals surface area contributed by atoms with Gasteiger partial charge in [-0.15, -0.1) is 0 Å². The number of hydrogen-bond donors (Lipinski definition) is 2. The lowest BCUT2D eigenvalue weighted by Crippen LogP contribution is -2.37. The maximum absolute atomic E-state index is 5.33. The van der Waals surface area contributed by atoms with Crippen LogP contribution in [0.2, 0.25) is 0 Å². The molecule has 16 heavy (non-hydrogen) atoms. The van der Waals surface area contributed by atoms with Crippen molar-refractivity contribution < 1.29 is 0 Å². The summed E-state index contributed by atoms with van der Waals surface area (Å²) in [7, 11) is 0. The van der Waals surface area contributed by atoms with E-state index in [-0.39, 0.29) is 5.96 Å². The van der Waals surface area contributed by atoms with Crippen LogP contribution in [-0.2, 0) is 0 Å². The number of nitrogens with zero attached hydrogens (tertiary/aromatic N) is 3. The van der Waals surface area contributed by atoms with E-state index in [9.17, 15) is 0 Å². The quantitative estimate of drug-likeness (QED) is 0.498. The first-order valence-electron chi connectivity index (χ1n) is 6.27. The summed E-state index contributed by atoms with van der Waals surface area (Å²) < 4.78 is 0. The maximum Gasteiger partial charge on any atom is 0.185 e. The Bertz CT molecular complexity index is 249. The Morgan fingerprint density at radius 1 is 1.19 bits per heavy atom. The minimum absolute atomic E-state index is 0.206. The molecule has 2 saturated heterocycles. The summed E-state index contributed by atoms with van der Waals surface area (Å²) in [6.45, 7) is 6.67. The second-order valence-electron chi connectivity index (χ2n) is 4.79. The molecule has 2 fully saturated rings. The van der Waals surface area contributed by atoms with Crippen LogP contribution in [0.1, 0.15) is 19.3 Å². The smallest absolute Gasteiger partial charge is 0.185 e. The normalized spacial score (nSPS) is 27.4. The third-order valence-corrected chi connectivity index (χ3v) is 3.60. The lowest BCUT2D eigenvalue weighted by Gasteiger charge is -2.24. The van der Waals surface area contributed by atoms with Gasteiger partial charge in [0.05, 0.1) is 6.54 Å². The third kappa shape index (κ3) is 3.09. The van der Waals surface area contributed by atoms with Gasteiger partial charge in [-0.25, -0.2) is 0 Å². The van der Waals surface area contributed by atoms with Crippen molar-refractivity contribution in [3.63, 3.8) is 0 Å². The zero-order valence-corrected chi connectivity index (χ0v) is 9.94. The van der Waals surface area contributed by atoms with E-state index < -0.39 is 0 Å². The predicted molar refractivity (Wildman–Crippen MR) is 66.3 cm³/mol. The van der Waals surface area contributed by atoms with E-state index in [2.05, 4.69) is 14.8 Å². The minimum atomic E-state index is 0.206. The molecule has 5 heteroatoms. The number of rotatable bonds is 3. The van der Waals surface area contributed by atoms with E-state index in [0.717, 1.165) is 19.1 Å². The highest BCUT2D eigenvalue weighted by Gasteiger charge is 2.28. The van der Waals surface area contributed by atoms with Gasteiger partial charge in [0.15, 0.2) is 5.96 Å². The first-order valence-corrected chi connectivity index (χ1v) is 6.27. The first kappa shape index (κ1) is 11.7. The molecular weight excluding hydrogens is 202 g/mol. The molecule has 2 rings (SSSR count). The molecule has 0 radical (unpaired) electrons. The second-order valence-corrected chi connectivity index (χ2v) is 4.79. The van der Waals surface area contributed by atoms with E-state index in [1.807, 2.05) is 0 Å². The van der Waals surface area contributed by atoms with Crippen LogP contribution in [0, 0.1) is 0 Å². The standard InChI is InChI=1S/C11H23N5/c12-11(13)14-4-8-15-5-2-7-16-6-1-3-10(16)9-15/h10H,1-9H2,(H4,12,13,14). The summed E-state index contributed by atoms with van der Waals surface area (Å²) >= 11 is 0. The highest BCUT2D eigenvalue weighted by molar-refractivity contribution is 5.75. The van der Waals surface area contributed by atoms with Crippen LogP contribution in [0.25, 0.3) is 0 Å². The fourth-order valence-corrected chi connectivity index (χ4v) is 2.81. The molecule has 92 valence electrons. The maximum atomic E-state index is 5.33. The van der Waals surface area contributed by atoms with Crippen molar-refractivity contribution in [3.05, 3.63) is 0 Å². The molecule has 1 atom stereocenters. The SMILES string of the molecule is NC(N)=NCCN1CCCN2CCCC2C1. The summed E-state index contributed by atoms with van der Waals surface area (Å²) in [5, 5.41) is 0. The molecule has 5 nitrogen and oxygen atoms in total. The van der Waals surface area contributed by atoms with Crippen molar-refractivity contribution in [2.45, 2.75) is 25.3 Å².